The van der Waals surface area contributed by atoms with Gasteiger partial charge in [-0.3, -0.25) is 0 Å². The number of aryl methyl sites for hydroxylation is 1. The van der Waals surface area contributed by atoms with Gasteiger partial charge in [0.1, 0.15) is 5.75 Å². The summed E-state index contributed by atoms with van der Waals surface area (Å²) in [6.45, 7) is 2.16. The van der Waals surface area contributed by atoms with Crippen LogP contribution in [0.5, 0.6) is 11.8 Å². The van der Waals surface area contributed by atoms with Crippen molar-refractivity contribution in [3.8, 4) is 11.8 Å². The molecule has 0 aliphatic heterocycles. The van der Waals surface area contributed by atoms with E-state index in [1.165, 1.54) is 12.8 Å². The molecule has 0 amide bonds. The van der Waals surface area contributed by atoms with E-state index in [9.17, 15) is 4.79 Å². The second-order valence-corrected chi connectivity index (χ2v) is 4.95. The van der Waals surface area contributed by atoms with Crippen molar-refractivity contribution in [2.24, 2.45) is 0 Å². The molecule has 0 unspecified atom stereocenters. The highest BCUT2D eigenvalue weighted by Gasteiger charge is 2.10. The summed E-state index contributed by atoms with van der Waals surface area (Å²) >= 11 is 0. The molecule has 1 aromatic heterocycles. The quantitative estimate of drug-likeness (QED) is 0.579. The Morgan fingerprint density at radius 2 is 1.77 bits per heavy atom. The molecule has 0 N–H and O–H groups in total. The number of aromatic nitrogens is 2. The fourth-order valence-corrected chi connectivity index (χ4v) is 1.97. The third-order valence-electron chi connectivity index (χ3n) is 3.26. The van der Waals surface area contributed by atoms with E-state index in [1.807, 2.05) is 0 Å². The summed E-state index contributed by atoms with van der Waals surface area (Å²) in [5.41, 5.74) is 1.48. The number of hydrogen-bond acceptors (Lipinski definition) is 5. The number of rotatable bonds is 7. The van der Waals surface area contributed by atoms with Crippen molar-refractivity contribution >= 4 is 5.97 Å². The smallest absolute Gasteiger partial charge is 0.345 e. The van der Waals surface area contributed by atoms with Crippen molar-refractivity contribution in [1.29, 1.82) is 0 Å². The lowest BCUT2D eigenvalue weighted by atomic mass is 10.1. The highest BCUT2D eigenvalue weighted by Crippen LogP contribution is 2.13. The normalized spacial score (nSPS) is 10.3. The van der Waals surface area contributed by atoms with Gasteiger partial charge < -0.3 is 9.47 Å². The standard InChI is InChI=1S/C17H20N2O3/c1-3-4-5-6-13-11-18-17(19-12-13)22-16(20)14-7-9-15(21-2)10-8-14/h7-12H,3-6H2,1-2H3. The maximum absolute atomic E-state index is 12.0. The number of benzene rings is 1. The highest BCUT2D eigenvalue weighted by atomic mass is 16.5. The first kappa shape index (κ1) is 15.9. The van der Waals surface area contributed by atoms with Gasteiger partial charge in [-0.05, 0) is 42.7 Å². The van der Waals surface area contributed by atoms with Crippen molar-refractivity contribution < 1.29 is 14.3 Å². The van der Waals surface area contributed by atoms with Crippen LogP contribution in [0.25, 0.3) is 0 Å². The first-order valence-corrected chi connectivity index (χ1v) is 7.40. The van der Waals surface area contributed by atoms with E-state index in [-0.39, 0.29) is 6.01 Å². The van der Waals surface area contributed by atoms with Crippen molar-refractivity contribution in [1.82, 2.24) is 9.97 Å². The minimum Gasteiger partial charge on any atom is -0.497 e. The average molecular weight is 300 g/mol. The van der Waals surface area contributed by atoms with E-state index in [1.54, 1.807) is 43.8 Å². The Kier molecular flexibility index (Phi) is 5.89. The van der Waals surface area contributed by atoms with Crippen LogP contribution in [0.3, 0.4) is 0 Å². The number of carbonyl (C=O) groups excluding carboxylic acids is 1. The topological polar surface area (TPSA) is 61.3 Å². The molecule has 5 heteroatoms. The number of methoxy groups -OCH3 is 1. The van der Waals surface area contributed by atoms with E-state index in [4.69, 9.17) is 9.47 Å². The first-order valence-electron chi connectivity index (χ1n) is 7.40. The van der Waals surface area contributed by atoms with Gasteiger partial charge in [-0.2, -0.15) is 0 Å². The van der Waals surface area contributed by atoms with Gasteiger partial charge in [-0.15, -0.1) is 0 Å². The molecule has 0 saturated heterocycles. The molecule has 2 aromatic rings. The van der Waals surface area contributed by atoms with Gasteiger partial charge in [0.2, 0.25) is 0 Å². The third kappa shape index (κ3) is 4.55. The molecule has 22 heavy (non-hydrogen) atoms. The second-order valence-electron chi connectivity index (χ2n) is 4.95. The van der Waals surface area contributed by atoms with Crippen LogP contribution in [0.15, 0.2) is 36.7 Å². The lowest BCUT2D eigenvalue weighted by Gasteiger charge is -2.04. The maximum Gasteiger partial charge on any atom is 0.345 e. The Balaban J connectivity index is 1.93. The SMILES string of the molecule is CCCCCc1cnc(OC(=O)c2ccc(OC)cc2)nc1. The van der Waals surface area contributed by atoms with Gasteiger partial charge in [0.25, 0.3) is 0 Å². The summed E-state index contributed by atoms with van der Waals surface area (Å²) in [4.78, 5) is 20.1. The Morgan fingerprint density at radius 1 is 1.09 bits per heavy atom. The summed E-state index contributed by atoms with van der Waals surface area (Å²) in [6, 6.07) is 6.75. The molecule has 116 valence electrons. The van der Waals surface area contributed by atoms with Crippen LogP contribution >= 0.6 is 0 Å². The average Bonchev–Trinajstić information content (AvgIpc) is 2.57. The van der Waals surface area contributed by atoms with Crippen molar-refractivity contribution in [2.45, 2.75) is 32.6 Å². The summed E-state index contributed by atoms with van der Waals surface area (Å²) in [6.07, 6.45) is 7.84. The number of esters is 1. The predicted molar refractivity (Wildman–Crippen MR) is 83.2 cm³/mol. The van der Waals surface area contributed by atoms with E-state index < -0.39 is 5.97 Å². The molecule has 5 nitrogen and oxygen atoms in total. The van der Waals surface area contributed by atoms with E-state index in [2.05, 4.69) is 16.9 Å². The fourth-order valence-electron chi connectivity index (χ4n) is 1.97. The zero-order valence-electron chi connectivity index (χ0n) is 12.9. The highest BCUT2D eigenvalue weighted by molar-refractivity contribution is 5.90. The van der Waals surface area contributed by atoms with Crippen LogP contribution in [0.4, 0.5) is 0 Å². The molecule has 0 atom stereocenters. The van der Waals surface area contributed by atoms with Crippen LogP contribution < -0.4 is 9.47 Å². The molecular formula is C17H20N2O3. The van der Waals surface area contributed by atoms with Crippen molar-refractivity contribution in [3.63, 3.8) is 0 Å². The molecule has 0 saturated carbocycles. The molecule has 1 aromatic carbocycles. The minimum absolute atomic E-state index is 0.0695. The van der Waals surface area contributed by atoms with Gasteiger partial charge in [0, 0.05) is 12.4 Å². The van der Waals surface area contributed by atoms with Crippen LogP contribution in [0, 0.1) is 0 Å². The van der Waals surface area contributed by atoms with Crippen LogP contribution in [-0.2, 0) is 6.42 Å². The Hall–Kier alpha value is -2.43. The minimum atomic E-state index is -0.485. The van der Waals surface area contributed by atoms with E-state index in [0.29, 0.717) is 11.3 Å². The number of hydrogen-bond donors (Lipinski definition) is 0. The fraction of sp³-hybridized carbons (Fsp3) is 0.353. The predicted octanol–water partition coefficient (Wildman–Crippen LogP) is 3.44. The van der Waals surface area contributed by atoms with Gasteiger partial charge in [-0.25, -0.2) is 14.8 Å². The molecule has 0 bridgehead atoms. The van der Waals surface area contributed by atoms with E-state index >= 15 is 0 Å². The summed E-state index contributed by atoms with van der Waals surface area (Å²) in [5.74, 6) is 0.200. The molecule has 2 rings (SSSR count). The summed E-state index contributed by atoms with van der Waals surface area (Å²) in [5, 5.41) is 0. The molecule has 0 aliphatic rings. The number of nitrogens with zero attached hydrogens (tertiary/aromatic N) is 2. The lowest BCUT2D eigenvalue weighted by Crippen LogP contribution is -2.10. The van der Waals surface area contributed by atoms with Gasteiger partial charge in [0.15, 0.2) is 0 Å². The zero-order chi connectivity index (χ0) is 15.8. The summed E-state index contributed by atoms with van der Waals surface area (Å²) < 4.78 is 10.2. The molecule has 1 heterocycles. The number of ether oxygens (including phenoxy) is 2. The molecule has 0 spiro atoms. The zero-order valence-corrected chi connectivity index (χ0v) is 12.9. The summed E-state index contributed by atoms with van der Waals surface area (Å²) in [7, 11) is 1.57. The number of carbonyl (C=O) groups is 1. The van der Waals surface area contributed by atoms with Gasteiger partial charge >= 0.3 is 12.0 Å². The molecule has 0 radical (unpaired) electrons. The Labute approximate surface area is 130 Å². The van der Waals surface area contributed by atoms with Crippen LogP contribution in [0.1, 0.15) is 42.1 Å². The van der Waals surface area contributed by atoms with Crippen molar-refractivity contribution in [2.75, 3.05) is 7.11 Å². The Morgan fingerprint density at radius 3 is 2.36 bits per heavy atom. The maximum atomic E-state index is 12.0. The second kappa shape index (κ2) is 8.12. The largest absolute Gasteiger partial charge is 0.497 e. The van der Waals surface area contributed by atoms with E-state index in [0.717, 1.165) is 18.4 Å². The van der Waals surface area contributed by atoms with Crippen LogP contribution in [-0.4, -0.2) is 23.0 Å². The molecule has 0 aliphatic carbocycles. The van der Waals surface area contributed by atoms with Gasteiger partial charge in [0.05, 0.1) is 12.7 Å². The molecule has 0 fully saturated rings. The molecular weight excluding hydrogens is 280 g/mol. The number of unbranched alkanes of at least 4 members (excludes halogenated alkanes) is 2. The Bertz CT molecular complexity index is 594. The monoisotopic (exact) mass is 300 g/mol. The van der Waals surface area contributed by atoms with Crippen molar-refractivity contribution in [3.05, 3.63) is 47.8 Å². The first-order chi connectivity index (χ1) is 10.7. The third-order valence-corrected chi connectivity index (χ3v) is 3.26. The van der Waals surface area contributed by atoms with Gasteiger partial charge in [-0.1, -0.05) is 19.8 Å². The van der Waals surface area contributed by atoms with Crippen LogP contribution in [0.2, 0.25) is 0 Å². The lowest BCUT2D eigenvalue weighted by molar-refractivity contribution is 0.0719.